The van der Waals surface area contributed by atoms with Crippen LogP contribution in [-0.4, -0.2) is 15.9 Å². The monoisotopic (exact) mass is 396 g/mol. The van der Waals surface area contributed by atoms with E-state index < -0.39 is 0 Å². The van der Waals surface area contributed by atoms with Crippen molar-refractivity contribution < 1.29 is 9.53 Å². The van der Waals surface area contributed by atoms with Crippen molar-refractivity contribution in [1.29, 1.82) is 0 Å². The van der Waals surface area contributed by atoms with Gasteiger partial charge in [-0.05, 0) is 48.5 Å². The minimum absolute atomic E-state index is 0.301. The summed E-state index contributed by atoms with van der Waals surface area (Å²) in [6.45, 7) is 0.555. The molecule has 0 aliphatic carbocycles. The number of amides is 1. The Morgan fingerprint density at radius 1 is 0.833 bits per heavy atom. The molecule has 2 N–H and O–H groups in total. The number of nitrogens with zero attached hydrogens (tertiary/aromatic N) is 2. The maximum atomic E-state index is 12.8. The smallest absolute Gasteiger partial charge is 0.274 e. The zero-order chi connectivity index (χ0) is 20.6. The molecule has 0 unspecified atom stereocenters. The number of carbonyl (C=O) groups is 1. The number of ether oxygens (including phenoxy) is 1. The molecule has 2 heterocycles. The average molecular weight is 396 g/mol. The van der Waals surface area contributed by atoms with E-state index >= 15 is 0 Å². The largest absolute Gasteiger partial charge is 0.455 e. The number of hydrogen-bond donors (Lipinski definition) is 2. The fourth-order valence-electron chi connectivity index (χ4n) is 2.82. The highest BCUT2D eigenvalue weighted by molar-refractivity contribution is 6.04. The minimum Gasteiger partial charge on any atom is -0.455 e. The number of nitrogens with one attached hydrogen (secondary N) is 2. The van der Waals surface area contributed by atoms with Gasteiger partial charge < -0.3 is 15.4 Å². The number of anilines is 2. The van der Waals surface area contributed by atoms with Crippen molar-refractivity contribution in [3.05, 3.63) is 109 Å². The maximum Gasteiger partial charge on any atom is 0.274 e. The molecular weight excluding hydrogens is 376 g/mol. The SMILES string of the molecule is O=C(Nc1ccccc1Oc1ccccc1)c1cc(NCc2ccccn2)ccn1. The molecule has 0 aliphatic heterocycles. The van der Waals surface area contributed by atoms with Gasteiger partial charge >= 0.3 is 0 Å². The molecule has 0 atom stereocenters. The van der Waals surface area contributed by atoms with Crippen molar-refractivity contribution in [2.24, 2.45) is 0 Å². The topological polar surface area (TPSA) is 76.1 Å². The summed E-state index contributed by atoms with van der Waals surface area (Å²) in [5.41, 5.74) is 2.57. The van der Waals surface area contributed by atoms with Crippen LogP contribution in [0.2, 0.25) is 0 Å². The molecule has 2 aromatic carbocycles. The highest BCUT2D eigenvalue weighted by Gasteiger charge is 2.12. The van der Waals surface area contributed by atoms with Gasteiger partial charge in [-0.15, -0.1) is 0 Å². The van der Waals surface area contributed by atoms with Crippen LogP contribution in [0.4, 0.5) is 11.4 Å². The first-order chi connectivity index (χ1) is 14.8. The predicted molar refractivity (Wildman–Crippen MR) is 117 cm³/mol. The van der Waals surface area contributed by atoms with Gasteiger partial charge in [-0.3, -0.25) is 14.8 Å². The van der Waals surface area contributed by atoms with Crippen LogP contribution in [0.3, 0.4) is 0 Å². The van der Waals surface area contributed by atoms with Crippen LogP contribution in [0.15, 0.2) is 97.3 Å². The highest BCUT2D eigenvalue weighted by Crippen LogP contribution is 2.29. The van der Waals surface area contributed by atoms with Crippen LogP contribution in [-0.2, 0) is 6.54 Å². The number of pyridine rings is 2. The molecule has 0 radical (unpaired) electrons. The van der Waals surface area contributed by atoms with E-state index in [0.717, 1.165) is 11.4 Å². The van der Waals surface area contributed by atoms with E-state index in [9.17, 15) is 4.79 Å². The van der Waals surface area contributed by atoms with Gasteiger partial charge in [0.05, 0.1) is 17.9 Å². The molecule has 0 aliphatic rings. The number of aromatic nitrogens is 2. The van der Waals surface area contributed by atoms with Crippen LogP contribution >= 0.6 is 0 Å². The van der Waals surface area contributed by atoms with Crippen molar-refractivity contribution in [3.63, 3.8) is 0 Å². The Hall–Kier alpha value is -4.19. The summed E-state index contributed by atoms with van der Waals surface area (Å²) in [5, 5.41) is 6.14. The molecule has 1 amide bonds. The fourth-order valence-corrected chi connectivity index (χ4v) is 2.82. The first kappa shape index (κ1) is 19.1. The fraction of sp³-hybridized carbons (Fsp3) is 0.0417. The van der Waals surface area contributed by atoms with E-state index in [2.05, 4.69) is 20.6 Å². The van der Waals surface area contributed by atoms with E-state index in [1.54, 1.807) is 30.6 Å². The Balaban J connectivity index is 1.45. The van der Waals surface area contributed by atoms with Gasteiger partial charge in [-0.1, -0.05) is 36.4 Å². The molecule has 4 rings (SSSR count). The Morgan fingerprint density at radius 2 is 1.63 bits per heavy atom. The van der Waals surface area contributed by atoms with Crippen molar-refractivity contribution in [2.75, 3.05) is 10.6 Å². The molecule has 148 valence electrons. The summed E-state index contributed by atoms with van der Waals surface area (Å²) in [5.74, 6) is 0.931. The molecule has 4 aromatic rings. The minimum atomic E-state index is -0.319. The van der Waals surface area contributed by atoms with Crippen LogP contribution in [0, 0.1) is 0 Å². The summed E-state index contributed by atoms with van der Waals surface area (Å²) in [4.78, 5) is 21.3. The van der Waals surface area contributed by atoms with Crippen LogP contribution in [0.25, 0.3) is 0 Å². The normalized spacial score (nSPS) is 10.3. The Labute approximate surface area is 174 Å². The molecule has 0 saturated carbocycles. The maximum absolute atomic E-state index is 12.8. The second kappa shape index (κ2) is 9.34. The lowest BCUT2D eigenvalue weighted by atomic mass is 10.2. The summed E-state index contributed by atoms with van der Waals surface area (Å²) >= 11 is 0. The first-order valence-corrected chi connectivity index (χ1v) is 9.51. The lowest BCUT2D eigenvalue weighted by Gasteiger charge is -2.12. The summed E-state index contributed by atoms with van der Waals surface area (Å²) in [6.07, 6.45) is 3.35. The average Bonchev–Trinajstić information content (AvgIpc) is 2.80. The molecule has 6 nitrogen and oxygen atoms in total. The lowest BCUT2D eigenvalue weighted by molar-refractivity contribution is 0.102. The van der Waals surface area contributed by atoms with E-state index in [4.69, 9.17) is 4.74 Å². The van der Waals surface area contributed by atoms with Crippen molar-refractivity contribution in [3.8, 4) is 11.5 Å². The number of carbonyl (C=O) groups excluding carboxylic acids is 1. The molecule has 0 fully saturated rings. The molecule has 0 spiro atoms. The van der Waals surface area contributed by atoms with Crippen molar-refractivity contribution in [1.82, 2.24) is 9.97 Å². The van der Waals surface area contributed by atoms with E-state index in [0.29, 0.717) is 29.4 Å². The molecular formula is C24H20N4O2. The zero-order valence-corrected chi connectivity index (χ0v) is 16.2. The standard InChI is InChI=1S/C24H20N4O2/c29-24(22-16-18(13-15-26-22)27-17-19-8-6-7-14-25-19)28-21-11-4-5-12-23(21)30-20-9-2-1-3-10-20/h1-16H,17H2,(H,26,27)(H,28,29). The molecule has 30 heavy (non-hydrogen) atoms. The molecule has 6 heteroatoms. The van der Waals surface area contributed by atoms with Crippen LogP contribution in [0.5, 0.6) is 11.5 Å². The predicted octanol–water partition coefficient (Wildman–Crippen LogP) is 5.13. The van der Waals surface area contributed by atoms with Gasteiger partial charge in [0.2, 0.25) is 0 Å². The molecule has 0 saturated heterocycles. The summed E-state index contributed by atoms with van der Waals surface area (Å²) in [7, 11) is 0. The number of para-hydroxylation sites is 3. The number of benzene rings is 2. The van der Waals surface area contributed by atoms with Gasteiger partial charge in [0, 0.05) is 18.1 Å². The van der Waals surface area contributed by atoms with Gasteiger partial charge in [0.1, 0.15) is 11.4 Å². The third-order valence-corrected chi connectivity index (χ3v) is 4.30. The summed E-state index contributed by atoms with van der Waals surface area (Å²) < 4.78 is 5.90. The van der Waals surface area contributed by atoms with Gasteiger partial charge in [0.15, 0.2) is 5.75 Å². The third-order valence-electron chi connectivity index (χ3n) is 4.30. The van der Waals surface area contributed by atoms with Crippen LogP contribution in [0.1, 0.15) is 16.2 Å². The van der Waals surface area contributed by atoms with Crippen molar-refractivity contribution >= 4 is 17.3 Å². The van der Waals surface area contributed by atoms with Crippen LogP contribution < -0.4 is 15.4 Å². The highest BCUT2D eigenvalue weighted by atomic mass is 16.5. The van der Waals surface area contributed by atoms with E-state index in [-0.39, 0.29) is 5.91 Å². The quantitative estimate of drug-likeness (QED) is 0.453. The second-order valence-electron chi connectivity index (χ2n) is 6.47. The van der Waals surface area contributed by atoms with Crippen molar-refractivity contribution in [2.45, 2.75) is 6.54 Å². The number of hydrogen-bond acceptors (Lipinski definition) is 5. The molecule has 0 bridgehead atoms. The van der Waals surface area contributed by atoms with Gasteiger partial charge in [0.25, 0.3) is 5.91 Å². The van der Waals surface area contributed by atoms with Gasteiger partial charge in [-0.2, -0.15) is 0 Å². The summed E-state index contributed by atoms with van der Waals surface area (Å²) in [6, 6.07) is 26.0. The van der Waals surface area contributed by atoms with Gasteiger partial charge in [-0.25, -0.2) is 0 Å². The lowest BCUT2D eigenvalue weighted by Crippen LogP contribution is -2.14. The van der Waals surface area contributed by atoms with E-state index in [1.807, 2.05) is 66.7 Å². The molecule has 2 aromatic heterocycles. The Morgan fingerprint density at radius 3 is 2.47 bits per heavy atom. The first-order valence-electron chi connectivity index (χ1n) is 9.51. The Kier molecular flexibility index (Phi) is 5.96. The third kappa shape index (κ3) is 4.99. The second-order valence-corrected chi connectivity index (χ2v) is 6.47. The Bertz CT molecular complexity index is 1120. The van der Waals surface area contributed by atoms with E-state index in [1.165, 1.54) is 0 Å². The number of rotatable bonds is 7. The zero-order valence-electron chi connectivity index (χ0n) is 16.2.